The predicted octanol–water partition coefficient (Wildman–Crippen LogP) is 4.00. The zero-order valence-corrected chi connectivity index (χ0v) is 11.5. The minimum absolute atomic E-state index is 0.115. The van der Waals surface area contributed by atoms with Gasteiger partial charge in [0.1, 0.15) is 0 Å². The van der Waals surface area contributed by atoms with Gasteiger partial charge in [-0.15, -0.1) is 11.3 Å². The fourth-order valence-electron chi connectivity index (χ4n) is 2.80. The molecule has 0 aliphatic heterocycles. The van der Waals surface area contributed by atoms with Crippen LogP contribution in [0.25, 0.3) is 0 Å². The molecule has 2 aromatic rings. The van der Waals surface area contributed by atoms with Gasteiger partial charge in [0.05, 0.1) is 12.3 Å². The first-order valence-corrected chi connectivity index (χ1v) is 7.60. The van der Waals surface area contributed by atoms with Crippen LogP contribution in [-0.2, 0) is 0 Å². The molecule has 1 fully saturated rings. The van der Waals surface area contributed by atoms with Crippen LogP contribution in [0, 0.1) is 5.92 Å². The molecule has 1 unspecified atom stereocenters. The first-order chi connectivity index (χ1) is 9.34. The van der Waals surface area contributed by atoms with Gasteiger partial charge in [0.15, 0.2) is 5.76 Å². The molecule has 1 N–H and O–H groups in total. The molecular weight excluding hydrogens is 258 g/mol. The topological polar surface area (TPSA) is 42.2 Å². The van der Waals surface area contributed by atoms with E-state index in [2.05, 4.69) is 16.8 Å². The van der Waals surface area contributed by atoms with Gasteiger partial charge in [0.25, 0.3) is 5.91 Å². The molecule has 0 radical (unpaired) electrons. The number of thiophene rings is 1. The number of amides is 1. The average Bonchev–Trinajstić information content (AvgIpc) is 3.17. The Morgan fingerprint density at radius 1 is 1.32 bits per heavy atom. The van der Waals surface area contributed by atoms with Crippen molar-refractivity contribution < 1.29 is 9.21 Å². The minimum atomic E-state index is -0.115. The maximum atomic E-state index is 12.2. The summed E-state index contributed by atoms with van der Waals surface area (Å²) in [5.41, 5.74) is 0. The summed E-state index contributed by atoms with van der Waals surface area (Å²) in [6.45, 7) is 0. The van der Waals surface area contributed by atoms with Crippen molar-refractivity contribution in [3.8, 4) is 0 Å². The van der Waals surface area contributed by atoms with Crippen LogP contribution in [0.2, 0.25) is 0 Å². The first kappa shape index (κ1) is 12.5. The van der Waals surface area contributed by atoms with Crippen molar-refractivity contribution in [3.63, 3.8) is 0 Å². The van der Waals surface area contributed by atoms with Gasteiger partial charge < -0.3 is 9.73 Å². The summed E-state index contributed by atoms with van der Waals surface area (Å²) in [4.78, 5) is 13.4. The molecule has 1 saturated carbocycles. The number of hydrogen-bond acceptors (Lipinski definition) is 3. The third-order valence-corrected chi connectivity index (χ3v) is 4.71. The lowest BCUT2D eigenvalue weighted by atomic mass is 9.96. The van der Waals surface area contributed by atoms with Crippen LogP contribution in [0.4, 0.5) is 0 Å². The van der Waals surface area contributed by atoms with E-state index in [0.717, 1.165) is 0 Å². The van der Waals surface area contributed by atoms with Crippen molar-refractivity contribution in [2.75, 3.05) is 0 Å². The van der Waals surface area contributed by atoms with Crippen LogP contribution >= 0.6 is 11.3 Å². The summed E-state index contributed by atoms with van der Waals surface area (Å²) < 4.78 is 5.17. The summed E-state index contributed by atoms with van der Waals surface area (Å²) in [5, 5.41) is 5.21. The van der Waals surface area contributed by atoms with Crippen molar-refractivity contribution >= 4 is 17.2 Å². The smallest absolute Gasteiger partial charge is 0.287 e. The van der Waals surface area contributed by atoms with Gasteiger partial charge in [-0.2, -0.15) is 0 Å². The quantitative estimate of drug-likeness (QED) is 0.916. The van der Waals surface area contributed by atoms with Crippen LogP contribution in [0.3, 0.4) is 0 Å². The normalized spacial score (nSPS) is 17.5. The number of carbonyl (C=O) groups is 1. The predicted molar refractivity (Wildman–Crippen MR) is 75.2 cm³/mol. The van der Waals surface area contributed by atoms with E-state index in [4.69, 9.17) is 4.42 Å². The lowest BCUT2D eigenvalue weighted by Crippen LogP contribution is -2.32. The first-order valence-electron chi connectivity index (χ1n) is 6.72. The standard InChI is InChI=1S/C15H17NO2S/c17-15(12-7-3-9-18-12)16-14(11-5-1-2-6-11)13-8-4-10-19-13/h3-4,7-11,14H,1-2,5-6H2,(H,16,17). The van der Waals surface area contributed by atoms with E-state index >= 15 is 0 Å². The van der Waals surface area contributed by atoms with Gasteiger partial charge in [-0.25, -0.2) is 0 Å². The molecule has 0 aromatic carbocycles. The van der Waals surface area contributed by atoms with Crippen LogP contribution in [0.1, 0.15) is 47.2 Å². The van der Waals surface area contributed by atoms with Crippen molar-refractivity contribution in [2.45, 2.75) is 31.7 Å². The lowest BCUT2D eigenvalue weighted by molar-refractivity contribution is 0.0894. The van der Waals surface area contributed by atoms with E-state index in [-0.39, 0.29) is 11.9 Å². The molecule has 3 nitrogen and oxygen atoms in total. The second kappa shape index (κ2) is 5.61. The summed E-state index contributed by atoms with van der Waals surface area (Å²) in [6, 6.07) is 7.72. The average molecular weight is 275 g/mol. The van der Waals surface area contributed by atoms with Crippen LogP contribution in [0.5, 0.6) is 0 Å². The van der Waals surface area contributed by atoms with E-state index < -0.39 is 0 Å². The number of furan rings is 1. The van der Waals surface area contributed by atoms with Crippen LogP contribution < -0.4 is 5.32 Å². The fraction of sp³-hybridized carbons (Fsp3) is 0.400. The van der Waals surface area contributed by atoms with Gasteiger partial charge in [-0.1, -0.05) is 18.9 Å². The van der Waals surface area contributed by atoms with E-state index in [1.807, 2.05) is 6.07 Å². The highest BCUT2D eigenvalue weighted by molar-refractivity contribution is 7.10. The van der Waals surface area contributed by atoms with Gasteiger partial charge in [-0.05, 0) is 42.3 Å². The van der Waals surface area contributed by atoms with Crippen LogP contribution in [0.15, 0.2) is 40.3 Å². The van der Waals surface area contributed by atoms with Gasteiger partial charge in [0, 0.05) is 4.88 Å². The molecule has 0 spiro atoms. The summed E-state index contributed by atoms with van der Waals surface area (Å²) in [6.07, 6.45) is 6.46. The number of hydrogen-bond donors (Lipinski definition) is 1. The molecule has 1 amide bonds. The van der Waals surface area contributed by atoms with Gasteiger partial charge in [0.2, 0.25) is 0 Å². The fourth-order valence-corrected chi connectivity index (χ4v) is 3.67. The molecule has 2 heterocycles. The van der Waals surface area contributed by atoms with E-state index in [1.165, 1.54) is 36.8 Å². The highest BCUT2D eigenvalue weighted by Gasteiger charge is 2.29. The molecule has 0 saturated heterocycles. The molecule has 1 aliphatic carbocycles. The Morgan fingerprint density at radius 2 is 2.16 bits per heavy atom. The van der Waals surface area contributed by atoms with Crippen molar-refractivity contribution in [2.24, 2.45) is 5.92 Å². The molecule has 1 atom stereocenters. The molecule has 2 aromatic heterocycles. The molecular formula is C15H17NO2S. The summed E-state index contributed by atoms with van der Waals surface area (Å²) >= 11 is 1.71. The molecule has 0 bridgehead atoms. The second-order valence-corrected chi connectivity index (χ2v) is 5.97. The largest absolute Gasteiger partial charge is 0.459 e. The zero-order chi connectivity index (χ0) is 13.1. The lowest BCUT2D eigenvalue weighted by Gasteiger charge is -2.23. The maximum absolute atomic E-state index is 12.2. The van der Waals surface area contributed by atoms with E-state index in [9.17, 15) is 4.79 Å². The van der Waals surface area contributed by atoms with Crippen LogP contribution in [-0.4, -0.2) is 5.91 Å². The Balaban J connectivity index is 1.77. The monoisotopic (exact) mass is 275 g/mol. The van der Waals surface area contributed by atoms with E-state index in [1.54, 1.807) is 23.5 Å². The molecule has 1 aliphatic rings. The van der Waals surface area contributed by atoms with Crippen molar-refractivity contribution in [1.82, 2.24) is 5.32 Å². The number of nitrogens with one attached hydrogen (secondary N) is 1. The molecule has 19 heavy (non-hydrogen) atoms. The summed E-state index contributed by atoms with van der Waals surface area (Å²) in [7, 11) is 0. The van der Waals surface area contributed by atoms with Crippen molar-refractivity contribution in [3.05, 3.63) is 46.5 Å². The Morgan fingerprint density at radius 3 is 2.79 bits per heavy atom. The minimum Gasteiger partial charge on any atom is -0.459 e. The van der Waals surface area contributed by atoms with Crippen molar-refractivity contribution in [1.29, 1.82) is 0 Å². The Kier molecular flexibility index (Phi) is 3.69. The molecule has 100 valence electrons. The maximum Gasteiger partial charge on any atom is 0.287 e. The molecule has 4 heteroatoms. The Bertz CT molecular complexity index is 512. The third-order valence-electron chi connectivity index (χ3n) is 3.75. The van der Waals surface area contributed by atoms with Gasteiger partial charge in [-0.3, -0.25) is 4.79 Å². The second-order valence-electron chi connectivity index (χ2n) is 4.99. The third kappa shape index (κ3) is 2.73. The molecule has 3 rings (SSSR count). The highest BCUT2D eigenvalue weighted by atomic mass is 32.1. The highest BCUT2D eigenvalue weighted by Crippen LogP contribution is 2.37. The zero-order valence-electron chi connectivity index (χ0n) is 10.7. The Labute approximate surface area is 116 Å². The van der Waals surface area contributed by atoms with E-state index in [0.29, 0.717) is 11.7 Å². The number of rotatable bonds is 4. The number of carbonyl (C=O) groups excluding carboxylic acids is 1. The van der Waals surface area contributed by atoms with Gasteiger partial charge >= 0.3 is 0 Å². The summed E-state index contributed by atoms with van der Waals surface area (Å²) in [5.74, 6) is 0.826. The SMILES string of the molecule is O=C(NC(c1cccs1)C1CCCC1)c1ccco1. The Hall–Kier alpha value is -1.55.